The maximum absolute atomic E-state index is 12.1. The maximum Gasteiger partial charge on any atom is 0.405 e. The predicted octanol–water partition coefficient (Wildman–Crippen LogP) is -1.44. The molecule has 120 valence electrons. The van der Waals surface area contributed by atoms with Gasteiger partial charge >= 0.3 is 7.75 Å². The molecular weight excluding hydrogens is 293 g/mol. The second kappa shape index (κ2) is 7.26. The summed E-state index contributed by atoms with van der Waals surface area (Å²) in [4.78, 5) is 0. The summed E-state index contributed by atoms with van der Waals surface area (Å²) >= 11 is 0. The molecule has 0 aromatic heterocycles. The van der Waals surface area contributed by atoms with Crippen LogP contribution in [0.1, 0.15) is 13.8 Å². The van der Waals surface area contributed by atoms with Gasteiger partial charge in [0.1, 0.15) is 18.3 Å². The molecule has 10 heteroatoms. The van der Waals surface area contributed by atoms with Crippen LogP contribution in [0.2, 0.25) is 0 Å². The van der Waals surface area contributed by atoms with Gasteiger partial charge in [-0.15, -0.1) is 0 Å². The van der Waals surface area contributed by atoms with Gasteiger partial charge in [0.2, 0.25) is 5.79 Å². The van der Waals surface area contributed by atoms with Crippen molar-refractivity contribution in [3.8, 4) is 0 Å². The highest BCUT2D eigenvalue weighted by Crippen LogP contribution is 2.43. The van der Waals surface area contributed by atoms with Crippen molar-refractivity contribution in [3.05, 3.63) is 0 Å². The Kier molecular flexibility index (Phi) is 6.52. The average molecular weight is 315 g/mol. The van der Waals surface area contributed by atoms with Crippen LogP contribution in [0, 0.1) is 0 Å². The summed E-state index contributed by atoms with van der Waals surface area (Å²) in [5.41, 5.74) is 0. The van der Waals surface area contributed by atoms with Gasteiger partial charge in [0.25, 0.3) is 0 Å². The van der Waals surface area contributed by atoms with E-state index in [1.807, 2.05) is 0 Å². The van der Waals surface area contributed by atoms with Crippen LogP contribution in [-0.2, 0) is 18.3 Å². The van der Waals surface area contributed by atoms with Crippen molar-refractivity contribution in [1.82, 2.24) is 5.09 Å². The number of aliphatic hydroxyl groups is 4. The highest BCUT2D eigenvalue weighted by Gasteiger charge is 2.53. The van der Waals surface area contributed by atoms with E-state index in [4.69, 9.17) is 18.9 Å². The molecule has 20 heavy (non-hydrogen) atoms. The molecule has 1 fully saturated rings. The quantitative estimate of drug-likeness (QED) is 0.341. The zero-order chi connectivity index (χ0) is 15.4. The summed E-state index contributed by atoms with van der Waals surface area (Å²) in [5, 5.41) is 40.4. The van der Waals surface area contributed by atoms with E-state index in [-0.39, 0.29) is 19.8 Å². The van der Waals surface area contributed by atoms with Crippen molar-refractivity contribution in [1.29, 1.82) is 0 Å². The Hall–Kier alpha value is -0.0900. The minimum absolute atomic E-state index is 0.154. The van der Waals surface area contributed by atoms with Crippen molar-refractivity contribution >= 4 is 7.75 Å². The summed E-state index contributed by atoms with van der Waals surface area (Å²) in [6, 6.07) is 0. The van der Waals surface area contributed by atoms with E-state index in [1.165, 1.54) is 0 Å². The van der Waals surface area contributed by atoms with Gasteiger partial charge in [-0.2, -0.15) is 0 Å². The van der Waals surface area contributed by atoms with Crippen molar-refractivity contribution in [2.24, 2.45) is 0 Å². The van der Waals surface area contributed by atoms with Gasteiger partial charge < -0.3 is 25.2 Å². The Balaban J connectivity index is 2.63. The topological polar surface area (TPSA) is 138 Å². The van der Waals surface area contributed by atoms with E-state index in [1.54, 1.807) is 13.8 Å². The lowest BCUT2D eigenvalue weighted by Gasteiger charge is -2.23. The second-order valence-electron chi connectivity index (χ2n) is 4.29. The molecule has 0 bridgehead atoms. The fourth-order valence-electron chi connectivity index (χ4n) is 1.84. The van der Waals surface area contributed by atoms with Gasteiger partial charge in [-0.1, -0.05) is 0 Å². The number of hydrogen-bond acceptors (Lipinski definition) is 8. The largest absolute Gasteiger partial charge is 0.405 e. The van der Waals surface area contributed by atoms with Crippen LogP contribution >= 0.6 is 7.75 Å². The SMILES string of the molecule is CCOP(=O)(NC[C@H]1O[C@](O)(CO)[C@@H](O)[C@@H]1O)OCC. The lowest BCUT2D eigenvalue weighted by Crippen LogP contribution is -2.46. The Morgan fingerprint density at radius 2 is 1.85 bits per heavy atom. The zero-order valence-electron chi connectivity index (χ0n) is 11.4. The lowest BCUT2D eigenvalue weighted by molar-refractivity contribution is -0.244. The summed E-state index contributed by atoms with van der Waals surface area (Å²) in [5.74, 6) is -2.24. The van der Waals surface area contributed by atoms with Crippen LogP contribution in [0.25, 0.3) is 0 Å². The molecule has 5 N–H and O–H groups in total. The summed E-state index contributed by atoms with van der Waals surface area (Å²) in [6.07, 6.45) is -4.19. The fourth-order valence-corrected chi connectivity index (χ4v) is 3.18. The van der Waals surface area contributed by atoms with Gasteiger partial charge in [0.15, 0.2) is 0 Å². The van der Waals surface area contributed by atoms with Gasteiger partial charge in [-0.3, -0.25) is 9.05 Å². The monoisotopic (exact) mass is 315 g/mol. The van der Waals surface area contributed by atoms with Crippen LogP contribution < -0.4 is 5.09 Å². The third kappa shape index (κ3) is 3.97. The summed E-state index contributed by atoms with van der Waals surface area (Å²) in [7, 11) is -3.54. The van der Waals surface area contributed by atoms with E-state index >= 15 is 0 Å². The molecule has 1 rings (SSSR count). The average Bonchev–Trinajstić information content (AvgIpc) is 2.62. The number of ether oxygens (including phenoxy) is 1. The van der Waals surface area contributed by atoms with Gasteiger partial charge in [-0.05, 0) is 13.8 Å². The van der Waals surface area contributed by atoms with Crippen molar-refractivity contribution in [3.63, 3.8) is 0 Å². The first-order valence-electron chi connectivity index (χ1n) is 6.33. The minimum Gasteiger partial charge on any atom is -0.391 e. The molecule has 0 saturated carbocycles. The smallest absolute Gasteiger partial charge is 0.391 e. The summed E-state index contributed by atoms with van der Waals surface area (Å²) < 4.78 is 27.1. The predicted molar refractivity (Wildman–Crippen MR) is 67.8 cm³/mol. The normalized spacial score (nSPS) is 34.6. The van der Waals surface area contributed by atoms with Crippen LogP contribution in [0.15, 0.2) is 0 Å². The molecule has 0 unspecified atom stereocenters. The van der Waals surface area contributed by atoms with Crippen LogP contribution in [0.5, 0.6) is 0 Å². The van der Waals surface area contributed by atoms with Crippen molar-refractivity contribution < 1.29 is 38.8 Å². The Morgan fingerprint density at radius 3 is 2.25 bits per heavy atom. The highest BCUT2D eigenvalue weighted by molar-refractivity contribution is 7.51. The van der Waals surface area contributed by atoms with Crippen LogP contribution in [-0.4, -0.2) is 70.9 Å². The van der Waals surface area contributed by atoms with E-state index in [9.17, 15) is 19.9 Å². The van der Waals surface area contributed by atoms with E-state index < -0.39 is 38.5 Å². The third-order valence-corrected chi connectivity index (χ3v) is 4.60. The Morgan fingerprint density at radius 1 is 1.30 bits per heavy atom. The fraction of sp³-hybridized carbons (Fsp3) is 1.00. The molecule has 9 nitrogen and oxygen atoms in total. The van der Waals surface area contributed by atoms with Crippen LogP contribution in [0.3, 0.4) is 0 Å². The number of rotatable bonds is 8. The van der Waals surface area contributed by atoms with E-state index in [0.29, 0.717) is 0 Å². The van der Waals surface area contributed by atoms with E-state index in [0.717, 1.165) is 0 Å². The molecule has 0 spiro atoms. The van der Waals surface area contributed by atoms with Crippen LogP contribution in [0.4, 0.5) is 0 Å². The number of hydrogen-bond donors (Lipinski definition) is 5. The Labute approximate surface area is 117 Å². The summed E-state index contributed by atoms with van der Waals surface area (Å²) in [6.45, 7) is 2.52. The molecule has 0 aliphatic carbocycles. The first kappa shape index (κ1) is 18.0. The molecular formula is C10H22NO8P. The molecule has 4 atom stereocenters. The van der Waals surface area contributed by atoms with Crippen molar-refractivity contribution in [2.75, 3.05) is 26.4 Å². The lowest BCUT2D eigenvalue weighted by atomic mass is 10.1. The third-order valence-electron chi connectivity index (χ3n) is 2.83. The standard InChI is InChI=1S/C10H22NO8P/c1-3-17-20(16,18-4-2)11-5-7-8(13)9(14)10(15,6-12)19-7/h7-9,12-15H,3-6H2,1-2H3,(H,11,16)/t7-,8-,9+,10-/m1/s1. The zero-order valence-corrected chi connectivity index (χ0v) is 12.3. The number of aliphatic hydroxyl groups excluding tert-OH is 3. The molecule has 0 aromatic rings. The second-order valence-corrected chi connectivity index (χ2v) is 6.12. The first-order chi connectivity index (χ1) is 9.32. The van der Waals surface area contributed by atoms with Gasteiger partial charge in [-0.25, -0.2) is 9.65 Å². The molecule has 0 radical (unpaired) electrons. The molecule has 0 aromatic carbocycles. The molecule has 1 heterocycles. The highest BCUT2D eigenvalue weighted by atomic mass is 31.2. The Bertz CT molecular complexity index is 346. The van der Waals surface area contributed by atoms with Gasteiger partial charge in [0.05, 0.1) is 19.8 Å². The first-order valence-corrected chi connectivity index (χ1v) is 7.87. The van der Waals surface area contributed by atoms with Crippen molar-refractivity contribution in [2.45, 2.75) is 37.9 Å². The van der Waals surface area contributed by atoms with Gasteiger partial charge in [0, 0.05) is 6.54 Å². The molecule has 1 saturated heterocycles. The minimum atomic E-state index is -3.54. The molecule has 1 aliphatic heterocycles. The molecule has 1 aliphatic rings. The molecule has 0 amide bonds. The number of nitrogens with one attached hydrogen (secondary N) is 1. The van der Waals surface area contributed by atoms with E-state index in [2.05, 4.69) is 5.09 Å². The maximum atomic E-state index is 12.1.